The zero-order chi connectivity index (χ0) is 18.9. The molecule has 0 radical (unpaired) electrons. The Kier molecular flexibility index (Phi) is 31.8. The summed E-state index contributed by atoms with van der Waals surface area (Å²) in [6.07, 6.45) is 2.50. The Labute approximate surface area is 140 Å². The van der Waals surface area contributed by atoms with E-state index in [0.29, 0.717) is 0 Å². The molecule has 0 aromatic carbocycles. The van der Waals surface area contributed by atoms with Crippen LogP contribution in [0.1, 0.15) is 40.5 Å². The van der Waals surface area contributed by atoms with Gasteiger partial charge in [-0.1, -0.05) is 40.5 Å². The maximum Gasteiger partial charge on any atom is 0.319 e. The van der Waals surface area contributed by atoms with Gasteiger partial charge >= 0.3 is 20.2 Å². The van der Waals surface area contributed by atoms with Crippen molar-refractivity contribution in [3.63, 3.8) is 0 Å². The molecule has 0 saturated carbocycles. The maximum atomic E-state index is 7.56. The molecule has 15 heteroatoms. The molecule has 0 aliphatic rings. The molecule has 136 valence electrons. The van der Waals surface area contributed by atoms with E-state index in [0.717, 1.165) is 0 Å². The molecule has 0 atom stereocenters. The standard InChI is InChI=1S/2C3H8.3H3O3PS/c2*1-3-2;3*1-4(2,3)5/h2*3H2,1-2H3;3*(H3,1,2,3,5). The lowest BCUT2D eigenvalue weighted by atomic mass is 10.6. The van der Waals surface area contributed by atoms with E-state index < -0.39 is 20.2 Å². The lowest BCUT2D eigenvalue weighted by molar-refractivity contribution is 0.361. The fourth-order valence-corrected chi connectivity index (χ4v) is 0. The van der Waals surface area contributed by atoms with Gasteiger partial charge in [-0.3, -0.25) is 0 Å². The molecule has 0 amide bonds. The van der Waals surface area contributed by atoms with Gasteiger partial charge in [-0.2, -0.15) is 0 Å². The van der Waals surface area contributed by atoms with Crippen molar-refractivity contribution in [3.05, 3.63) is 0 Å². The van der Waals surface area contributed by atoms with Crippen LogP contribution in [0.5, 0.6) is 0 Å². The molecular formula is C6H25O9P3S3. The molecule has 0 unspecified atom stereocenters. The van der Waals surface area contributed by atoms with Crippen LogP contribution >= 0.6 is 20.2 Å². The quantitative estimate of drug-likeness (QED) is 0.242. The predicted molar refractivity (Wildman–Crippen MR) is 94.8 cm³/mol. The third kappa shape index (κ3) is 3280. The summed E-state index contributed by atoms with van der Waals surface area (Å²) in [5.41, 5.74) is 0. The topological polar surface area (TPSA) is 182 Å². The molecule has 0 aromatic heterocycles. The van der Waals surface area contributed by atoms with Crippen LogP contribution in [0.15, 0.2) is 0 Å². The van der Waals surface area contributed by atoms with E-state index in [1.54, 1.807) is 0 Å². The first-order valence-corrected chi connectivity index (χ1v) is 13.2. The summed E-state index contributed by atoms with van der Waals surface area (Å²) >= 11 is 10.8. The van der Waals surface area contributed by atoms with Gasteiger partial charge in [-0.05, 0) is 35.4 Å². The lowest BCUT2D eigenvalue weighted by Gasteiger charge is -1.88. The molecule has 0 bridgehead atoms. The third-order valence-corrected chi connectivity index (χ3v) is 0. The highest BCUT2D eigenvalue weighted by molar-refractivity contribution is 8.06. The van der Waals surface area contributed by atoms with Gasteiger partial charge in [-0.25, -0.2) is 0 Å². The molecule has 0 aliphatic heterocycles. The highest BCUT2D eigenvalue weighted by Gasteiger charge is 1.93. The minimum atomic E-state index is -3.81. The first-order chi connectivity index (χ1) is 8.83. The van der Waals surface area contributed by atoms with Gasteiger partial charge in [-0.15, -0.1) is 0 Å². The molecule has 0 saturated heterocycles. The van der Waals surface area contributed by atoms with E-state index in [1.807, 2.05) is 0 Å². The first kappa shape index (κ1) is 34.0. The Balaban J connectivity index is -0.0000000519. The fraction of sp³-hybridized carbons (Fsp3) is 1.00. The highest BCUT2D eigenvalue weighted by atomic mass is 32.5. The Hall–Kier alpha value is 1.59. The van der Waals surface area contributed by atoms with Crippen LogP contribution in [0, 0.1) is 0 Å². The smallest absolute Gasteiger partial charge is 0.319 e. The Morgan fingerprint density at radius 2 is 0.476 bits per heavy atom. The van der Waals surface area contributed by atoms with Gasteiger partial charge < -0.3 is 44.0 Å². The average Bonchev–Trinajstić information content (AvgIpc) is 1.93. The molecule has 0 fully saturated rings. The minimum Gasteiger partial charge on any atom is -0.325 e. The Morgan fingerprint density at radius 3 is 0.476 bits per heavy atom. The summed E-state index contributed by atoms with van der Waals surface area (Å²) in [6, 6.07) is 0. The van der Waals surface area contributed by atoms with E-state index in [4.69, 9.17) is 44.0 Å². The second kappa shape index (κ2) is 19.6. The molecule has 0 heterocycles. The molecule has 0 aliphatic carbocycles. The van der Waals surface area contributed by atoms with Crippen LogP contribution < -0.4 is 0 Å². The predicted octanol–water partition coefficient (Wildman–Crippen LogP) is 0.396. The maximum absolute atomic E-state index is 7.56. The van der Waals surface area contributed by atoms with E-state index >= 15 is 0 Å². The average molecular weight is 430 g/mol. The van der Waals surface area contributed by atoms with Gasteiger partial charge in [0.15, 0.2) is 0 Å². The van der Waals surface area contributed by atoms with Gasteiger partial charge in [0.25, 0.3) is 0 Å². The molecular weight excluding hydrogens is 405 g/mol. The van der Waals surface area contributed by atoms with Crippen LogP contribution in [0.4, 0.5) is 0 Å². The Bertz CT molecular complexity index is 248. The fourth-order valence-electron chi connectivity index (χ4n) is 0. The largest absolute Gasteiger partial charge is 0.325 e. The van der Waals surface area contributed by atoms with Gasteiger partial charge in [0.2, 0.25) is 0 Å². The molecule has 0 spiro atoms. The van der Waals surface area contributed by atoms with Crippen molar-refractivity contribution in [3.8, 4) is 0 Å². The number of hydrogen-bond acceptors (Lipinski definition) is 3. The molecule has 9 nitrogen and oxygen atoms in total. The van der Waals surface area contributed by atoms with E-state index in [9.17, 15) is 0 Å². The molecule has 9 N–H and O–H groups in total. The Morgan fingerprint density at radius 1 is 0.476 bits per heavy atom. The summed E-state index contributed by atoms with van der Waals surface area (Å²) < 4.78 is 0. The summed E-state index contributed by atoms with van der Waals surface area (Å²) in [4.78, 5) is 68.0. The van der Waals surface area contributed by atoms with E-state index in [1.165, 1.54) is 12.8 Å². The van der Waals surface area contributed by atoms with Crippen LogP contribution in [-0.4, -0.2) is 44.0 Å². The van der Waals surface area contributed by atoms with Crippen LogP contribution in [0.3, 0.4) is 0 Å². The summed E-state index contributed by atoms with van der Waals surface area (Å²) in [6.45, 7) is -2.92. The van der Waals surface area contributed by atoms with Crippen molar-refractivity contribution < 1.29 is 44.0 Å². The van der Waals surface area contributed by atoms with Crippen LogP contribution in [-0.2, 0) is 35.4 Å². The van der Waals surface area contributed by atoms with Gasteiger partial charge in [0, 0.05) is 0 Å². The van der Waals surface area contributed by atoms with Crippen molar-refractivity contribution in [2.75, 3.05) is 0 Å². The van der Waals surface area contributed by atoms with Crippen LogP contribution in [0.25, 0.3) is 0 Å². The number of hydrogen-bond donors (Lipinski definition) is 9. The summed E-state index contributed by atoms with van der Waals surface area (Å²) in [5.74, 6) is 0. The molecule has 0 rings (SSSR count). The van der Waals surface area contributed by atoms with Crippen molar-refractivity contribution in [1.29, 1.82) is 0 Å². The second-order valence-corrected chi connectivity index (χ2v) is 10.4. The highest BCUT2D eigenvalue weighted by Crippen LogP contribution is 2.27. The SMILES string of the molecule is CCC.CCC.OP(O)(O)=S.OP(O)(O)=S.OP(O)(O)=S. The third-order valence-electron chi connectivity index (χ3n) is 0. The van der Waals surface area contributed by atoms with Gasteiger partial charge in [0.05, 0.1) is 0 Å². The van der Waals surface area contributed by atoms with Crippen molar-refractivity contribution in [1.82, 2.24) is 0 Å². The zero-order valence-electron chi connectivity index (χ0n) is 12.0. The zero-order valence-corrected chi connectivity index (χ0v) is 17.1. The second-order valence-electron chi connectivity index (χ2n) is 2.95. The summed E-state index contributed by atoms with van der Waals surface area (Å²) in [7, 11) is 0. The minimum absolute atomic E-state index is 1.25. The molecule has 0 aromatic rings. The monoisotopic (exact) mass is 430 g/mol. The summed E-state index contributed by atoms with van der Waals surface area (Å²) in [5, 5.41) is 0. The van der Waals surface area contributed by atoms with Crippen LogP contribution in [0.2, 0.25) is 0 Å². The normalized spacial score (nSPS) is 10.1. The van der Waals surface area contributed by atoms with Crippen molar-refractivity contribution >= 4 is 55.6 Å². The van der Waals surface area contributed by atoms with E-state index in [-0.39, 0.29) is 0 Å². The number of rotatable bonds is 0. The van der Waals surface area contributed by atoms with Crippen molar-refractivity contribution in [2.45, 2.75) is 40.5 Å². The van der Waals surface area contributed by atoms with Crippen molar-refractivity contribution in [2.24, 2.45) is 0 Å². The van der Waals surface area contributed by atoms with Gasteiger partial charge in [0.1, 0.15) is 0 Å². The molecule has 21 heavy (non-hydrogen) atoms. The van der Waals surface area contributed by atoms with E-state index in [2.05, 4.69) is 63.1 Å². The lowest BCUT2D eigenvalue weighted by Crippen LogP contribution is -1.65. The first-order valence-electron chi connectivity index (χ1n) is 5.18.